The SMILES string of the molecule is Cc1cc(Br)c(NC(=O)/C(C#N)=C/c2ccc(Cl)cc2)c(Br)c1. The van der Waals surface area contributed by atoms with Crippen molar-refractivity contribution in [2.75, 3.05) is 5.32 Å². The summed E-state index contributed by atoms with van der Waals surface area (Å²) in [7, 11) is 0. The van der Waals surface area contributed by atoms with Crippen molar-refractivity contribution in [2.45, 2.75) is 6.92 Å². The van der Waals surface area contributed by atoms with E-state index < -0.39 is 5.91 Å². The Morgan fingerprint density at radius 2 is 1.78 bits per heavy atom. The highest BCUT2D eigenvalue weighted by Crippen LogP contribution is 2.32. The second-order valence-electron chi connectivity index (χ2n) is 4.78. The molecule has 0 fully saturated rings. The van der Waals surface area contributed by atoms with Crippen LogP contribution in [0.15, 0.2) is 50.9 Å². The summed E-state index contributed by atoms with van der Waals surface area (Å²) in [6, 6.07) is 12.6. The van der Waals surface area contributed by atoms with Gasteiger partial charge in [-0.05, 0) is 80.3 Å². The molecule has 1 amide bonds. The minimum absolute atomic E-state index is 0.00620. The topological polar surface area (TPSA) is 52.9 Å². The van der Waals surface area contributed by atoms with Crippen molar-refractivity contribution in [1.29, 1.82) is 5.26 Å². The molecule has 116 valence electrons. The van der Waals surface area contributed by atoms with Crippen LogP contribution in [0.5, 0.6) is 0 Å². The third-order valence-electron chi connectivity index (χ3n) is 2.97. The van der Waals surface area contributed by atoms with Gasteiger partial charge in [-0.15, -0.1) is 0 Å². The molecule has 2 aromatic rings. The van der Waals surface area contributed by atoms with E-state index in [4.69, 9.17) is 11.6 Å². The van der Waals surface area contributed by atoms with Gasteiger partial charge in [0.05, 0.1) is 5.69 Å². The van der Waals surface area contributed by atoms with Crippen molar-refractivity contribution in [3.05, 3.63) is 67.1 Å². The molecule has 0 spiro atoms. The number of carbonyl (C=O) groups is 1. The Morgan fingerprint density at radius 3 is 2.30 bits per heavy atom. The summed E-state index contributed by atoms with van der Waals surface area (Å²) in [4.78, 5) is 12.3. The summed E-state index contributed by atoms with van der Waals surface area (Å²) in [5.74, 6) is -0.479. The van der Waals surface area contributed by atoms with E-state index in [0.29, 0.717) is 10.7 Å². The minimum Gasteiger partial charge on any atom is -0.319 e. The van der Waals surface area contributed by atoms with Gasteiger partial charge in [0.15, 0.2) is 0 Å². The smallest absolute Gasteiger partial charge is 0.266 e. The molecule has 2 aromatic carbocycles. The van der Waals surface area contributed by atoms with Gasteiger partial charge in [0, 0.05) is 14.0 Å². The lowest BCUT2D eigenvalue weighted by atomic mass is 10.1. The van der Waals surface area contributed by atoms with E-state index in [1.165, 1.54) is 6.08 Å². The zero-order chi connectivity index (χ0) is 17.0. The van der Waals surface area contributed by atoms with E-state index in [2.05, 4.69) is 37.2 Å². The number of anilines is 1. The van der Waals surface area contributed by atoms with E-state index in [0.717, 1.165) is 20.1 Å². The lowest BCUT2D eigenvalue weighted by molar-refractivity contribution is -0.112. The zero-order valence-corrected chi connectivity index (χ0v) is 16.0. The van der Waals surface area contributed by atoms with Crippen molar-refractivity contribution in [1.82, 2.24) is 0 Å². The second kappa shape index (κ2) is 7.78. The highest BCUT2D eigenvalue weighted by atomic mass is 79.9. The molecule has 0 saturated carbocycles. The quantitative estimate of drug-likeness (QED) is 0.476. The van der Waals surface area contributed by atoms with Gasteiger partial charge in [-0.25, -0.2) is 0 Å². The first-order chi connectivity index (χ1) is 10.9. The monoisotopic (exact) mass is 452 g/mol. The number of rotatable bonds is 3. The molecular formula is C17H11Br2ClN2O. The van der Waals surface area contributed by atoms with Crippen LogP contribution in [-0.2, 0) is 4.79 Å². The van der Waals surface area contributed by atoms with Crippen LogP contribution in [0, 0.1) is 18.3 Å². The van der Waals surface area contributed by atoms with E-state index >= 15 is 0 Å². The number of carbonyl (C=O) groups excluding carboxylic acids is 1. The number of nitrogens with one attached hydrogen (secondary N) is 1. The molecule has 0 unspecified atom stereocenters. The largest absolute Gasteiger partial charge is 0.319 e. The van der Waals surface area contributed by atoms with E-state index in [1.54, 1.807) is 24.3 Å². The van der Waals surface area contributed by atoms with Crippen molar-refractivity contribution in [3.8, 4) is 6.07 Å². The van der Waals surface area contributed by atoms with E-state index in [1.807, 2.05) is 25.1 Å². The van der Waals surface area contributed by atoms with Crippen LogP contribution < -0.4 is 5.32 Å². The fraction of sp³-hybridized carbons (Fsp3) is 0.0588. The number of hydrogen-bond acceptors (Lipinski definition) is 2. The van der Waals surface area contributed by atoms with Crippen LogP contribution in [0.2, 0.25) is 5.02 Å². The third-order valence-corrected chi connectivity index (χ3v) is 4.47. The lowest BCUT2D eigenvalue weighted by Gasteiger charge is -2.10. The molecule has 0 aliphatic heterocycles. The second-order valence-corrected chi connectivity index (χ2v) is 6.92. The van der Waals surface area contributed by atoms with Gasteiger partial charge in [0.2, 0.25) is 0 Å². The minimum atomic E-state index is -0.479. The Hall–Kier alpha value is -1.61. The van der Waals surface area contributed by atoms with Gasteiger partial charge in [-0.2, -0.15) is 5.26 Å². The number of hydrogen-bond donors (Lipinski definition) is 1. The predicted molar refractivity (Wildman–Crippen MR) is 100 cm³/mol. The average Bonchev–Trinajstić information content (AvgIpc) is 2.50. The van der Waals surface area contributed by atoms with Crippen LogP contribution in [0.3, 0.4) is 0 Å². The summed E-state index contributed by atoms with van der Waals surface area (Å²) in [5.41, 5.74) is 2.35. The molecule has 1 N–H and O–H groups in total. The molecule has 0 aromatic heterocycles. The Morgan fingerprint density at radius 1 is 1.22 bits per heavy atom. The van der Waals surface area contributed by atoms with Crippen molar-refractivity contribution in [3.63, 3.8) is 0 Å². The molecule has 0 bridgehead atoms. The summed E-state index contributed by atoms with van der Waals surface area (Å²) < 4.78 is 1.48. The fourth-order valence-corrected chi connectivity index (χ4v) is 3.61. The number of nitriles is 1. The van der Waals surface area contributed by atoms with Crippen molar-refractivity contribution < 1.29 is 4.79 Å². The maximum atomic E-state index is 12.3. The molecule has 0 saturated heterocycles. The molecule has 0 aliphatic carbocycles. The molecule has 6 heteroatoms. The van der Waals surface area contributed by atoms with E-state index in [9.17, 15) is 10.1 Å². The highest BCUT2D eigenvalue weighted by Gasteiger charge is 2.14. The molecule has 23 heavy (non-hydrogen) atoms. The third kappa shape index (κ3) is 4.68. The van der Waals surface area contributed by atoms with E-state index in [-0.39, 0.29) is 5.57 Å². The van der Waals surface area contributed by atoms with Crippen LogP contribution in [-0.4, -0.2) is 5.91 Å². The van der Waals surface area contributed by atoms with Crippen LogP contribution in [0.4, 0.5) is 5.69 Å². The summed E-state index contributed by atoms with van der Waals surface area (Å²) in [6.07, 6.45) is 1.52. The number of aryl methyl sites for hydroxylation is 1. The lowest BCUT2D eigenvalue weighted by Crippen LogP contribution is -2.14. The van der Waals surface area contributed by atoms with Crippen LogP contribution in [0.25, 0.3) is 6.08 Å². The van der Waals surface area contributed by atoms with Crippen LogP contribution >= 0.6 is 43.5 Å². The van der Waals surface area contributed by atoms with Crippen LogP contribution in [0.1, 0.15) is 11.1 Å². The predicted octanol–water partition coefficient (Wildman–Crippen LogP) is 5.72. The number of nitrogens with zero attached hydrogens (tertiary/aromatic N) is 1. The van der Waals surface area contributed by atoms with Gasteiger partial charge in [0.1, 0.15) is 11.6 Å². The summed E-state index contributed by atoms with van der Waals surface area (Å²) in [6.45, 7) is 1.95. The molecule has 2 rings (SSSR count). The van der Waals surface area contributed by atoms with Crippen molar-refractivity contribution in [2.24, 2.45) is 0 Å². The zero-order valence-electron chi connectivity index (χ0n) is 12.0. The van der Waals surface area contributed by atoms with Gasteiger partial charge >= 0.3 is 0 Å². The first kappa shape index (κ1) is 17.7. The molecule has 3 nitrogen and oxygen atoms in total. The highest BCUT2D eigenvalue weighted by molar-refractivity contribution is 9.11. The fourth-order valence-electron chi connectivity index (χ4n) is 1.87. The Kier molecular flexibility index (Phi) is 6.00. The van der Waals surface area contributed by atoms with Gasteiger partial charge < -0.3 is 5.32 Å². The number of benzene rings is 2. The average molecular weight is 455 g/mol. The Bertz CT molecular complexity index is 800. The van der Waals surface area contributed by atoms with Crippen molar-refractivity contribution >= 4 is 61.1 Å². The number of amides is 1. The van der Waals surface area contributed by atoms with Gasteiger partial charge in [0.25, 0.3) is 5.91 Å². The molecule has 0 aliphatic rings. The van der Waals surface area contributed by atoms with Gasteiger partial charge in [-0.1, -0.05) is 23.7 Å². The molecular weight excluding hydrogens is 443 g/mol. The first-order valence-corrected chi connectivity index (χ1v) is 8.51. The summed E-state index contributed by atoms with van der Waals surface area (Å²) >= 11 is 12.6. The summed E-state index contributed by atoms with van der Waals surface area (Å²) in [5, 5.41) is 12.6. The normalized spacial score (nSPS) is 11.0. The Balaban J connectivity index is 2.28. The molecule has 0 radical (unpaired) electrons. The van der Waals surface area contributed by atoms with Gasteiger partial charge in [-0.3, -0.25) is 4.79 Å². The standard InChI is InChI=1S/C17H11Br2ClN2O/c1-10-6-14(18)16(15(19)7-10)22-17(23)12(9-21)8-11-2-4-13(20)5-3-11/h2-8H,1H3,(H,22,23)/b12-8+. The maximum absolute atomic E-state index is 12.3. The molecule has 0 heterocycles. The Labute approximate surface area is 156 Å². The molecule has 0 atom stereocenters. The number of halogens is 3. The first-order valence-electron chi connectivity index (χ1n) is 6.55. The maximum Gasteiger partial charge on any atom is 0.266 e.